The number of phenols is 1. The summed E-state index contributed by atoms with van der Waals surface area (Å²) in [5, 5.41) is 29.2. The second kappa shape index (κ2) is 20.2. The molecule has 0 aliphatic carbocycles. The Balaban J connectivity index is 1.86. The quantitative estimate of drug-likeness (QED) is 0.0397. The van der Waals surface area contributed by atoms with E-state index in [2.05, 4.69) is 31.2 Å². The maximum Gasteiger partial charge on any atom is 0.303 e. The van der Waals surface area contributed by atoms with Gasteiger partial charge < -0.3 is 48.7 Å². The molecule has 2 aromatic carbocycles. The average molecular weight is 718 g/mol. The Bertz CT molecular complexity index is 1700. The second-order valence-electron chi connectivity index (χ2n) is 11.8. The van der Waals surface area contributed by atoms with E-state index >= 15 is 0 Å². The van der Waals surface area contributed by atoms with Crippen LogP contribution in [0.5, 0.6) is 5.75 Å². The van der Waals surface area contributed by atoms with Crippen molar-refractivity contribution < 1.29 is 39.0 Å². The number of hydrogen-bond acceptors (Lipinski definition) is 9. The maximum absolute atomic E-state index is 13.9. The Morgan fingerprint density at radius 1 is 0.692 bits per heavy atom. The topological polar surface area (TPSA) is 294 Å². The van der Waals surface area contributed by atoms with Gasteiger partial charge in [0.25, 0.3) is 5.91 Å². The van der Waals surface area contributed by atoms with Gasteiger partial charge in [-0.15, -0.1) is 0 Å². The molecule has 4 atom stereocenters. The predicted octanol–water partition coefficient (Wildman–Crippen LogP) is -0.771. The molecule has 3 aromatic rings. The van der Waals surface area contributed by atoms with Crippen LogP contribution in [0.1, 0.15) is 47.2 Å². The van der Waals surface area contributed by atoms with Crippen LogP contribution in [0.3, 0.4) is 0 Å². The number of benzene rings is 2. The van der Waals surface area contributed by atoms with Gasteiger partial charge in [-0.25, -0.2) is 0 Å². The summed E-state index contributed by atoms with van der Waals surface area (Å²) in [5.74, 6) is -5.31. The number of carbonyl (C=O) groups is 6. The highest BCUT2D eigenvalue weighted by atomic mass is 16.4. The highest BCUT2D eigenvalue weighted by molar-refractivity contribution is 5.99. The van der Waals surface area contributed by atoms with Crippen molar-refractivity contribution in [1.82, 2.24) is 26.3 Å². The van der Waals surface area contributed by atoms with Crippen LogP contribution in [0.2, 0.25) is 0 Å². The molecule has 17 heteroatoms. The number of aliphatic carboxylic acids is 1. The number of amides is 5. The molecule has 0 spiro atoms. The van der Waals surface area contributed by atoms with Crippen LogP contribution in [0.4, 0.5) is 0 Å². The first-order valence-corrected chi connectivity index (χ1v) is 16.3. The summed E-state index contributed by atoms with van der Waals surface area (Å²) in [7, 11) is 0. The third kappa shape index (κ3) is 13.8. The molecule has 0 aliphatic heterocycles. The van der Waals surface area contributed by atoms with Gasteiger partial charge in [-0.1, -0.05) is 42.5 Å². The number of carbonyl (C=O) groups excluding carboxylic acids is 5. The van der Waals surface area contributed by atoms with Crippen molar-refractivity contribution in [1.29, 1.82) is 0 Å². The van der Waals surface area contributed by atoms with Crippen LogP contribution < -0.4 is 38.5 Å². The summed E-state index contributed by atoms with van der Waals surface area (Å²) in [5.41, 5.74) is 17.9. The van der Waals surface area contributed by atoms with E-state index < -0.39 is 66.1 Å². The molecule has 12 N–H and O–H groups in total. The molecule has 1 aromatic heterocycles. The van der Waals surface area contributed by atoms with Crippen LogP contribution in [0, 0.1) is 0 Å². The van der Waals surface area contributed by atoms with E-state index in [-0.39, 0.29) is 55.9 Å². The summed E-state index contributed by atoms with van der Waals surface area (Å²) in [6.45, 7) is 0.0909. The molecule has 276 valence electrons. The first-order chi connectivity index (χ1) is 24.8. The number of phenolic OH excluding ortho intramolecular Hbond substituents is 1. The lowest BCUT2D eigenvalue weighted by molar-refractivity contribution is -0.137. The second-order valence-corrected chi connectivity index (χ2v) is 11.8. The van der Waals surface area contributed by atoms with Crippen molar-refractivity contribution in [2.75, 3.05) is 6.54 Å². The predicted molar refractivity (Wildman–Crippen MR) is 189 cm³/mol. The smallest absolute Gasteiger partial charge is 0.303 e. The number of carboxylic acids is 1. The number of nitrogens with one attached hydrogen (secondary N) is 4. The molecule has 0 bridgehead atoms. The van der Waals surface area contributed by atoms with E-state index in [1.165, 1.54) is 36.7 Å². The minimum atomic E-state index is -1.36. The molecule has 0 radical (unpaired) electrons. The lowest BCUT2D eigenvalue weighted by Gasteiger charge is -2.26. The molecule has 52 heavy (non-hydrogen) atoms. The standard InChI is InChI=1S/C35H43N9O8/c36-30(48)27(18-22-10-12-24(45)13-11-22)43-34(52)28(19-21-6-2-1-3-7-21)44-32(50)25(9-5-17-40-35(37)38)42-33(51)26(14-15-29(46)47)41-31(49)23-8-4-16-39-20-23/h1-4,6-8,10-13,16,20,25-28,45H,5,9,14-15,17-19H2,(H2,36,48)(H,41,49)(H,42,51)(H,43,52)(H,44,50)(H,46,47)(H4,37,38,40)/t25-,26-,27-,28-/m0/s1. The monoisotopic (exact) mass is 717 g/mol. The van der Waals surface area contributed by atoms with Gasteiger partial charge in [0.2, 0.25) is 23.6 Å². The molecule has 5 amide bonds. The zero-order valence-electron chi connectivity index (χ0n) is 28.2. The van der Waals surface area contributed by atoms with Crippen molar-refractivity contribution in [2.45, 2.75) is 62.7 Å². The van der Waals surface area contributed by atoms with E-state index in [0.717, 1.165) is 0 Å². The highest BCUT2D eigenvalue weighted by Gasteiger charge is 2.31. The van der Waals surface area contributed by atoms with E-state index in [0.29, 0.717) is 11.1 Å². The number of aromatic hydroxyl groups is 1. The average Bonchev–Trinajstić information content (AvgIpc) is 3.11. The van der Waals surface area contributed by atoms with Gasteiger partial charge in [0.15, 0.2) is 5.96 Å². The summed E-state index contributed by atoms with van der Waals surface area (Å²) < 4.78 is 0. The summed E-state index contributed by atoms with van der Waals surface area (Å²) >= 11 is 0. The normalized spacial score (nSPS) is 12.9. The van der Waals surface area contributed by atoms with E-state index in [1.807, 2.05) is 0 Å². The number of nitrogens with two attached hydrogens (primary N) is 3. The molecule has 0 aliphatic rings. The maximum atomic E-state index is 13.9. The third-order valence-corrected chi connectivity index (χ3v) is 7.72. The van der Waals surface area contributed by atoms with E-state index in [1.54, 1.807) is 42.5 Å². The Hall–Kier alpha value is -6.52. The number of aliphatic imine (C=N–C) groups is 1. The van der Waals surface area contributed by atoms with Crippen molar-refractivity contribution in [3.63, 3.8) is 0 Å². The van der Waals surface area contributed by atoms with Crippen LogP contribution in [-0.2, 0) is 36.8 Å². The Morgan fingerprint density at radius 2 is 1.27 bits per heavy atom. The zero-order chi connectivity index (χ0) is 38.0. The van der Waals surface area contributed by atoms with Crippen LogP contribution in [0.25, 0.3) is 0 Å². The first kappa shape index (κ1) is 39.9. The number of aromatic nitrogens is 1. The number of pyridine rings is 1. The SMILES string of the molecule is NC(=O)[C@H](Cc1ccc(O)cc1)NC(=O)[C@H](Cc1ccccc1)NC(=O)[C@H](CCCN=C(N)N)NC(=O)[C@H](CCC(=O)O)NC(=O)c1cccnc1. The van der Waals surface area contributed by atoms with Crippen molar-refractivity contribution in [3.8, 4) is 5.75 Å². The zero-order valence-corrected chi connectivity index (χ0v) is 28.2. The number of carboxylic acid groups (broad SMARTS) is 1. The molecular formula is C35H43N9O8. The minimum Gasteiger partial charge on any atom is -0.508 e. The number of rotatable bonds is 20. The Kier molecular flexibility index (Phi) is 15.5. The largest absolute Gasteiger partial charge is 0.508 e. The molecular weight excluding hydrogens is 674 g/mol. The molecule has 0 fully saturated rings. The molecule has 0 saturated carbocycles. The summed E-state index contributed by atoms with van der Waals surface area (Å²) in [6, 6.07) is 12.6. The Labute approximate surface area is 299 Å². The van der Waals surface area contributed by atoms with Crippen molar-refractivity contribution in [3.05, 3.63) is 95.8 Å². The van der Waals surface area contributed by atoms with Gasteiger partial charge >= 0.3 is 5.97 Å². The lowest BCUT2D eigenvalue weighted by Crippen LogP contribution is -2.58. The Morgan fingerprint density at radius 3 is 1.87 bits per heavy atom. The fourth-order valence-corrected chi connectivity index (χ4v) is 5.01. The van der Waals surface area contributed by atoms with Gasteiger partial charge in [-0.2, -0.15) is 0 Å². The van der Waals surface area contributed by atoms with Gasteiger partial charge in [0.05, 0.1) is 5.56 Å². The first-order valence-electron chi connectivity index (χ1n) is 16.3. The van der Waals surface area contributed by atoms with E-state index in [4.69, 9.17) is 17.2 Å². The minimum absolute atomic E-state index is 0.000668. The highest BCUT2D eigenvalue weighted by Crippen LogP contribution is 2.13. The number of primary amides is 1. The molecule has 0 saturated heterocycles. The number of hydrogen-bond donors (Lipinski definition) is 9. The van der Waals surface area contributed by atoms with Gasteiger partial charge in [0.1, 0.15) is 29.9 Å². The van der Waals surface area contributed by atoms with Crippen LogP contribution >= 0.6 is 0 Å². The molecule has 3 rings (SSSR count). The summed E-state index contributed by atoms with van der Waals surface area (Å²) in [4.78, 5) is 85.6. The molecule has 17 nitrogen and oxygen atoms in total. The van der Waals surface area contributed by atoms with Gasteiger partial charge in [-0.05, 0) is 54.7 Å². The number of guanidine groups is 1. The lowest BCUT2D eigenvalue weighted by atomic mass is 10.0. The van der Waals surface area contributed by atoms with Gasteiger partial charge in [0, 0.05) is 38.2 Å². The fourth-order valence-electron chi connectivity index (χ4n) is 5.01. The van der Waals surface area contributed by atoms with E-state index in [9.17, 15) is 39.0 Å². The molecule has 0 unspecified atom stereocenters. The number of nitrogens with zero attached hydrogens (tertiary/aromatic N) is 2. The van der Waals surface area contributed by atoms with Crippen molar-refractivity contribution in [2.24, 2.45) is 22.2 Å². The van der Waals surface area contributed by atoms with Gasteiger partial charge in [-0.3, -0.25) is 38.7 Å². The molecule has 1 heterocycles. The van der Waals surface area contributed by atoms with Crippen molar-refractivity contribution >= 4 is 41.5 Å². The third-order valence-electron chi connectivity index (χ3n) is 7.72. The fraction of sp³-hybridized carbons (Fsp3) is 0.314. The van der Waals surface area contributed by atoms with Crippen LogP contribution in [-0.4, -0.2) is 87.4 Å². The van der Waals surface area contributed by atoms with Crippen LogP contribution in [0.15, 0.2) is 84.1 Å². The summed E-state index contributed by atoms with van der Waals surface area (Å²) in [6.07, 6.45) is 2.10.